The smallest absolute Gasteiger partial charge is 0.304 e. The summed E-state index contributed by atoms with van der Waals surface area (Å²) in [7, 11) is 1.95. The fourth-order valence-electron chi connectivity index (χ4n) is 1.80. The molecule has 2 N–H and O–H groups in total. The van der Waals surface area contributed by atoms with Crippen molar-refractivity contribution in [1.82, 2.24) is 20.1 Å². The summed E-state index contributed by atoms with van der Waals surface area (Å²) in [5.74, 6) is 0. The summed E-state index contributed by atoms with van der Waals surface area (Å²) in [6.07, 6.45) is 0. The Morgan fingerprint density at radius 2 is 2.24 bits per heavy atom. The van der Waals surface area contributed by atoms with E-state index >= 15 is 0 Å². The number of aromatic amines is 1. The van der Waals surface area contributed by atoms with Crippen LogP contribution in [-0.4, -0.2) is 14.8 Å². The lowest BCUT2D eigenvalue weighted by molar-refractivity contribution is 0.674. The summed E-state index contributed by atoms with van der Waals surface area (Å²) in [5.41, 5.74) is 4.38. The van der Waals surface area contributed by atoms with Crippen molar-refractivity contribution >= 4 is 11.3 Å². The van der Waals surface area contributed by atoms with Crippen LogP contribution in [-0.2, 0) is 20.1 Å². The van der Waals surface area contributed by atoms with Crippen molar-refractivity contribution < 1.29 is 0 Å². The van der Waals surface area contributed by atoms with E-state index in [1.54, 1.807) is 0 Å². The predicted molar refractivity (Wildman–Crippen MR) is 68.2 cm³/mol. The normalized spacial score (nSPS) is 11.0. The van der Waals surface area contributed by atoms with Gasteiger partial charge in [0.15, 0.2) is 0 Å². The highest BCUT2D eigenvalue weighted by atomic mass is 32.1. The predicted octanol–water partition coefficient (Wildman–Crippen LogP) is 1.08. The summed E-state index contributed by atoms with van der Waals surface area (Å²) in [5, 5.41) is 9.52. The van der Waals surface area contributed by atoms with E-state index in [2.05, 4.69) is 22.3 Å². The van der Waals surface area contributed by atoms with Gasteiger partial charge in [0.1, 0.15) is 0 Å². The van der Waals surface area contributed by atoms with Crippen molar-refractivity contribution in [1.29, 1.82) is 0 Å². The van der Waals surface area contributed by atoms with Gasteiger partial charge >= 0.3 is 4.87 Å². The third-order valence-corrected chi connectivity index (χ3v) is 3.57. The minimum absolute atomic E-state index is 0.00413. The number of nitrogens with zero attached hydrogens (tertiary/aromatic N) is 2. The molecule has 5 nitrogen and oxygen atoms in total. The molecule has 0 bridgehead atoms. The summed E-state index contributed by atoms with van der Waals surface area (Å²) in [6.45, 7) is 5.51. The lowest BCUT2D eigenvalue weighted by atomic mass is 10.2. The molecule has 2 heterocycles. The first-order valence-electron chi connectivity index (χ1n) is 5.44. The summed E-state index contributed by atoms with van der Waals surface area (Å²) < 4.78 is 1.89. The first-order valence-corrected chi connectivity index (χ1v) is 6.32. The van der Waals surface area contributed by atoms with Gasteiger partial charge in [-0.25, -0.2) is 0 Å². The van der Waals surface area contributed by atoms with Crippen molar-refractivity contribution in [3.05, 3.63) is 37.7 Å². The number of H-pyrrole nitrogens is 1. The maximum Gasteiger partial charge on any atom is 0.304 e. The van der Waals surface area contributed by atoms with E-state index in [-0.39, 0.29) is 4.87 Å². The molecule has 0 fully saturated rings. The molecule has 0 aliphatic carbocycles. The highest BCUT2D eigenvalue weighted by molar-refractivity contribution is 7.07. The molecule has 0 aliphatic rings. The Labute approximate surface area is 103 Å². The van der Waals surface area contributed by atoms with Gasteiger partial charge in [0, 0.05) is 42.5 Å². The molecular weight excluding hydrogens is 236 g/mol. The van der Waals surface area contributed by atoms with Crippen molar-refractivity contribution in [2.75, 3.05) is 0 Å². The van der Waals surface area contributed by atoms with E-state index in [0.29, 0.717) is 6.54 Å². The molecule has 0 saturated carbocycles. The largest absolute Gasteiger partial charge is 0.315 e. The molecule has 17 heavy (non-hydrogen) atoms. The summed E-state index contributed by atoms with van der Waals surface area (Å²) >= 11 is 1.19. The molecule has 0 radical (unpaired) electrons. The first kappa shape index (κ1) is 12.1. The van der Waals surface area contributed by atoms with Crippen molar-refractivity contribution in [2.24, 2.45) is 7.05 Å². The van der Waals surface area contributed by atoms with Crippen molar-refractivity contribution in [2.45, 2.75) is 26.9 Å². The lowest BCUT2D eigenvalue weighted by Crippen LogP contribution is -2.14. The second-order valence-electron chi connectivity index (χ2n) is 4.05. The van der Waals surface area contributed by atoms with Crippen LogP contribution in [0.15, 0.2) is 10.2 Å². The minimum atomic E-state index is -0.00413. The van der Waals surface area contributed by atoms with Crippen LogP contribution in [0.4, 0.5) is 0 Å². The Morgan fingerprint density at radius 1 is 1.47 bits per heavy atom. The van der Waals surface area contributed by atoms with Crippen molar-refractivity contribution in [3.8, 4) is 0 Å². The Hall–Kier alpha value is -1.40. The number of nitrogens with one attached hydrogen (secondary N) is 2. The molecule has 0 atom stereocenters. The van der Waals surface area contributed by atoms with Gasteiger partial charge in [-0.2, -0.15) is 5.10 Å². The maximum atomic E-state index is 11.0. The zero-order valence-electron chi connectivity index (χ0n) is 10.2. The fourth-order valence-corrected chi connectivity index (χ4v) is 2.38. The Balaban J connectivity index is 1.96. The van der Waals surface area contributed by atoms with Gasteiger partial charge in [-0.15, -0.1) is 0 Å². The minimum Gasteiger partial charge on any atom is -0.315 e. The molecule has 6 heteroatoms. The third-order valence-electron chi connectivity index (χ3n) is 2.85. The number of hydrogen-bond donors (Lipinski definition) is 2. The van der Waals surface area contributed by atoms with Gasteiger partial charge in [-0.3, -0.25) is 9.48 Å². The van der Waals surface area contributed by atoms with Gasteiger partial charge in [-0.05, 0) is 13.8 Å². The molecule has 0 unspecified atom stereocenters. The molecule has 0 saturated heterocycles. The van der Waals surface area contributed by atoms with Crippen LogP contribution in [0.3, 0.4) is 0 Å². The monoisotopic (exact) mass is 252 g/mol. The number of thiazole rings is 1. The Bertz CT molecular complexity index is 566. The Kier molecular flexibility index (Phi) is 3.44. The van der Waals surface area contributed by atoms with E-state index in [0.717, 1.165) is 17.9 Å². The van der Waals surface area contributed by atoms with Gasteiger partial charge in [0.2, 0.25) is 0 Å². The fraction of sp³-hybridized carbons (Fsp3) is 0.455. The van der Waals surface area contributed by atoms with Crippen LogP contribution in [0.5, 0.6) is 0 Å². The molecule has 2 aromatic heterocycles. The Morgan fingerprint density at radius 3 is 2.76 bits per heavy atom. The number of hydrogen-bond acceptors (Lipinski definition) is 4. The molecule has 92 valence electrons. The number of aromatic nitrogens is 3. The highest BCUT2D eigenvalue weighted by Gasteiger charge is 2.08. The topological polar surface area (TPSA) is 62.7 Å². The van der Waals surface area contributed by atoms with Gasteiger partial charge < -0.3 is 10.3 Å². The molecular formula is C11H16N4OS. The SMILES string of the molecule is Cc1nn(C)c(C)c1CNCc1csc(=O)[nH]1. The second-order valence-corrected chi connectivity index (χ2v) is 4.89. The van der Waals surface area contributed by atoms with Crippen LogP contribution < -0.4 is 10.2 Å². The van der Waals surface area contributed by atoms with Crippen molar-refractivity contribution in [3.63, 3.8) is 0 Å². The quantitative estimate of drug-likeness (QED) is 0.856. The van der Waals surface area contributed by atoms with E-state index in [9.17, 15) is 4.79 Å². The summed E-state index contributed by atoms with van der Waals surface area (Å²) in [4.78, 5) is 13.7. The van der Waals surface area contributed by atoms with Gasteiger partial charge in [0.25, 0.3) is 0 Å². The van der Waals surface area contributed by atoms with Crippen LogP contribution in [0.25, 0.3) is 0 Å². The van der Waals surface area contributed by atoms with E-state index < -0.39 is 0 Å². The first-order chi connectivity index (χ1) is 8.08. The summed E-state index contributed by atoms with van der Waals surface area (Å²) in [6, 6.07) is 0. The maximum absolute atomic E-state index is 11.0. The number of rotatable bonds is 4. The van der Waals surface area contributed by atoms with E-state index in [1.165, 1.54) is 22.6 Å². The van der Waals surface area contributed by atoms with Crippen LogP contribution >= 0.6 is 11.3 Å². The highest BCUT2D eigenvalue weighted by Crippen LogP contribution is 2.11. The zero-order valence-corrected chi connectivity index (χ0v) is 11.0. The molecule has 0 amide bonds. The van der Waals surface area contributed by atoms with Crippen LogP contribution in [0, 0.1) is 13.8 Å². The standard InChI is InChI=1S/C11H16N4OS/c1-7-10(8(2)15(3)14-7)5-12-4-9-6-17-11(16)13-9/h6,12H,4-5H2,1-3H3,(H,13,16). The van der Waals surface area contributed by atoms with Gasteiger partial charge in [-0.1, -0.05) is 11.3 Å². The average Bonchev–Trinajstić information content (AvgIpc) is 2.78. The van der Waals surface area contributed by atoms with Gasteiger partial charge in [0.05, 0.1) is 5.69 Å². The molecule has 0 aromatic carbocycles. The second kappa shape index (κ2) is 4.85. The van der Waals surface area contributed by atoms with Crippen LogP contribution in [0.2, 0.25) is 0 Å². The third kappa shape index (κ3) is 2.65. The lowest BCUT2D eigenvalue weighted by Gasteiger charge is -2.03. The van der Waals surface area contributed by atoms with Crippen LogP contribution in [0.1, 0.15) is 22.6 Å². The molecule has 0 spiro atoms. The van der Waals surface area contributed by atoms with E-state index in [1.807, 2.05) is 24.0 Å². The average molecular weight is 252 g/mol. The molecule has 2 rings (SSSR count). The van der Waals surface area contributed by atoms with E-state index in [4.69, 9.17) is 0 Å². The molecule has 2 aromatic rings. The number of aryl methyl sites for hydroxylation is 2. The zero-order chi connectivity index (χ0) is 12.4. The molecule has 0 aliphatic heterocycles.